The number of amides is 4. The molecule has 1 aliphatic rings. The van der Waals surface area contributed by atoms with E-state index in [1.165, 1.54) is 0 Å². The van der Waals surface area contributed by atoms with Crippen LogP contribution in [-0.2, 0) is 0 Å². The average Bonchev–Trinajstić information content (AvgIpc) is 2.49. The monoisotopic (exact) mass is 226 g/mol. The molecule has 0 radical (unpaired) electrons. The summed E-state index contributed by atoms with van der Waals surface area (Å²) >= 11 is 0. The number of halogens is 1. The molecule has 0 saturated carbocycles. The van der Waals surface area contributed by atoms with Crippen molar-refractivity contribution in [1.82, 2.24) is 0 Å². The number of hydrogen-bond donors (Lipinski definition) is 1. The van der Waals surface area contributed by atoms with Gasteiger partial charge in [-0.3, -0.25) is 0 Å². The van der Waals surface area contributed by atoms with Gasteiger partial charge in [0.1, 0.15) is 0 Å². The Morgan fingerprint density at radius 1 is 1.00 bits per heavy atom. The van der Waals surface area contributed by atoms with Crippen molar-refractivity contribution in [3.63, 3.8) is 0 Å². The van der Waals surface area contributed by atoms with Crippen molar-refractivity contribution in [2.75, 3.05) is 10.6 Å². The molecule has 2 N–H and O–H groups in total. The lowest BCUT2D eigenvalue weighted by molar-refractivity contribution is 0.249. The van der Waals surface area contributed by atoms with Gasteiger partial charge >= 0.3 is 12.1 Å². The second-order valence-electron chi connectivity index (χ2n) is 2.69. The lowest BCUT2D eigenvalue weighted by Crippen LogP contribution is -2.27. The molecule has 6 nitrogen and oxygen atoms in total. The van der Waals surface area contributed by atoms with Crippen LogP contribution in [0.5, 0.6) is 0 Å². The van der Waals surface area contributed by atoms with Crippen molar-refractivity contribution in [3.8, 4) is 0 Å². The van der Waals surface area contributed by atoms with Gasteiger partial charge in [0.05, 0.1) is 5.69 Å². The number of nitrogens with two attached hydrogens (primary N) is 1. The number of rotatable bonds is 1. The number of azo groups is 1. The van der Waals surface area contributed by atoms with Crippen molar-refractivity contribution in [2.45, 2.75) is 0 Å². The van der Waals surface area contributed by atoms with Gasteiger partial charge in [-0.1, -0.05) is 10.2 Å². The van der Waals surface area contributed by atoms with E-state index >= 15 is 0 Å². The van der Waals surface area contributed by atoms with E-state index in [0.717, 1.165) is 4.90 Å². The highest BCUT2D eigenvalue weighted by atomic mass is 35.5. The van der Waals surface area contributed by atoms with Crippen molar-refractivity contribution < 1.29 is 9.59 Å². The molecule has 1 aromatic carbocycles. The Morgan fingerprint density at radius 2 is 1.47 bits per heavy atom. The van der Waals surface area contributed by atoms with Crippen LogP contribution < -0.4 is 10.6 Å². The topological polar surface area (TPSA) is 88.1 Å². The molecule has 1 heterocycles. The SMILES string of the molecule is Cl.Nc1ccc(N2C(=O)N=NC2=O)cc1. The summed E-state index contributed by atoms with van der Waals surface area (Å²) in [6, 6.07) is 4.94. The van der Waals surface area contributed by atoms with Crippen LogP contribution in [0.4, 0.5) is 21.0 Å². The third-order valence-electron chi connectivity index (χ3n) is 1.75. The smallest absolute Gasteiger partial charge is 0.375 e. The number of anilines is 2. The normalized spacial score (nSPS) is 14.3. The lowest BCUT2D eigenvalue weighted by atomic mass is 10.3. The summed E-state index contributed by atoms with van der Waals surface area (Å²) < 4.78 is 0. The zero-order valence-corrected chi connectivity index (χ0v) is 8.27. The molecular formula is C8H7ClN4O2. The molecule has 15 heavy (non-hydrogen) atoms. The average molecular weight is 227 g/mol. The van der Waals surface area contributed by atoms with Gasteiger partial charge in [0.25, 0.3) is 0 Å². The molecule has 2 rings (SSSR count). The number of urea groups is 2. The summed E-state index contributed by atoms with van der Waals surface area (Å²) in [7, 11) is 0. The Balaban J connectivity index is 0.00000112. The molecule has 4 amide bonds. The number of benzene rings is 1. The first-order valence-electron chi connectivity index (χ1n) is 3.84. The predicted molar refractivity (Wildman–Crippen MR) is 56.2 cm³/mol. The van der Waals surface area contributed by atoms with E-state index in [1.807, 2.05) is 0 Å². The van der Waals surface area contributed by atoms with Crippen molar-refractivity contribution >= 4 is 35.8 Å². The van der Waals surface area contributed by atoms with Gasteiger partial charge < -0.3 is 5.73 Å². The lowest BCUT2D eigenvalue weighted by Gasteiger charge is -2.09. The minimum atomic E-state index is -0.681. The van der Waals surface area contributed by atoms with E-state index in [9.17, 15) is 9.59 Å². The summed E-state index contributed by atoms with van der Waals surface area (Å²) in [5.74, 6) is 0. The second-order valence-corrected chi connectivity index (χ2v) is 2.69. The fourth-order valence-electron chi connectivity index (χ4n) is 1.10. The quantitative estimate of drug-likeness (QED) is 0.745. The molecule has 78 valence electrons. The molecule has 0 aromatic heterocycles. The predicted octanol–water partition coefficient (Wildman–Crippen LogP) is 2.20. The molecule has 0 atom stereocenters. The Bertz CT molecular complexity index is 411. The van der Waals surface area contributed by atoms with Crippen molar-refractivity contribution in [2.24, 2.45) is 10.2 Å². The Hall–Kier alpha value is -1.95. The first-order chi connectivity index (χ1) is 6.68. The standard InChI is InChI=1S/C8H6N4O2.ClH/c9-5-1-3-6(4-2-5)12-7(13)10-11-8(12)14;/h1-4H,9H2;1H. The highest BCUT2D eigenvalue weighted by molar-refractivity contribution is 6.17. The first-order valence-corrected chi connectivity index (χ1v) is 3.84. The number of carbonyl (C=O) groups excluding carboxylic acids is 2. The summed E-state index contributed by atoms with van der Waals surface area (Å²) in [4.78, 5) is 23.0. The van der Waals surface area contributed by atoms with E-state index in [0.29, 0.717) is 11.4 Å². The number of hydrogen-bond acceptors (Lipinski definition) is 3. The van der Waals surface area contributed by atoms with E-state index < -0.39 is 12.1 Å². The molecule has 0 fully saturated rings. The molecule has 0 bridgehead atoms. The van der Waals surface area contributed by atoms with Crippen LogP contribution in [-0.4, -0.2) is 12.1 Å². The summed E-state index contributed by atoms with van der Waals surface area (Å²) in [5, 5.41) is 6.26. The zero-order chi connectivity index (χ0) is 10.1. The van der Waals surface area contributed by atoms with Crippen LogP contribution in [0.15, 0.2) is 34.5 Å². The highest BCUT2D eigenvalue weighted by Crippen LogP contribution is 2.21. The van der Waals surface area contributed by atoms with E-state index in [-0.39, 0.29) is 12.4 Å². The fourth-order valence-corrected chi connectivity index (χ4v) is 1.10. The fraction of sp³-hybridized carbons (Fsp3) is 0. The van der Waals surface area contributed by atoms with Crippen LogP contribution in [0.2, 0.25) is 0 Å². The van der Waals surface area contributed by atoms with Gasteiger partial charge in [-0.15, -0.1) is 12.4 Å². The Kier molecular flexibility index (Phi) is 3.01. The van der Waals surface area contributed by atoms with E-state index in [1.54, 1.807) is 24.3 Å². The third kappa shape index (κ3) is 1.94. The van der Waals surface area contributed by atoms with Crippen LogP contribution >= 0.6 is 12.4 Å². The van der Waals surface area contributed by atoms with Gasteiger partial charge in [-0.05, 0) is 24.3 Å². The van der Waals surface area contributed by atoms with Gasteiger partial charge in [-0.25, -0.2) is 14.5 Å². The van der Waals surface area contributed by atoms with Crippen LogP contribution in [0.3, 0.4) is 0 Å². The van der Waals surface area contributed by atoms with Gasteiger partial charge in [0, 0.05) is 5.69 Å². The molecule has 0 spiro atoms. The van der Waals surface area contributed by atoms with Gasteiger partial charge in [0.2, 0.25) is 0 Å². The van der Waals surface area contributed by atoms with Crippen LogP contribution in [0.1, 0.15) is 0 Å². The third-order valence-corrected chi connectivity index (χ3v) is 1.75. The molecule has 1 aromatic rings. The molecule has 0 aliphatic carbocycles. The minimum absolute atomic E-state index is 0. The molecule has 0 saturated heterocycles. The molecule has 1 aliphatic heterocycles. The highest BCUT2D eigenvalue weighted by Gasteiger charge is 2.28. The van der Waals surface area contributed by atoms with E-state index in [2.05, 4.69) is 10.2 Å². The van der Waals surface area contributed by atoms with Gasteiger partial charge in [0.15, 0.2) is 0 Å². The summed E-state index contributed by atoms with van der Waals surface area (Å²) in [6.07, 6.45) is 0. The minimum Gasteiger partial charge on any atom is -0.399 e. The number of imide groups is 1. The first kappa shape index (κ1) is 11.1. The Labute approximate surface area is 91.2 Å². The maximum Gasteiger partial charge on any atom is 0.375 e. The maximum atomic E-state index is 11.1. The van der Waals surface area contributed by atoms with Crippen LogP contribution in [0.25, 0.3) is 0 Å². The zero-order valence-electron chi connectivity index (χ0n) is 7.45. The van der Waals surface area contributed by atoms with Crippen molar-refractivity contribution in [3.05, 3.63) is 24.3 Å². The van der Waals surface area contributed by atoms with Gasteiger partial charge in [-0.2, -0.15) is 0 Å². The van der Waals surface area contributed by atoms with Crippen LogP contribution in [0, 0.1) is 0 Å². The number of nitrogens with zero attached hydrogens (tertiary/aromatic N) is 3. The molecule has 7 heteroatoms. The number of carbonyl (C=O) groups is 2. The largest absolute Gasteiger partial charge is 0.399 e. The molecule has 0 unspecified atom stereocenters. The number of nitrogen functional groups attached to an aromatic ring is 1. The van der Waals surface area contributed by atoms with E-state index in [4.69, 9.17) is 5.73 Å². The maximum absolute atomic E-state index is 11.1. The Morgan fingerprint density at radius 3 is 1.93 bits per heavy atom. The molecular weight excluding hydrogens is 220 g/mol. The van der Waals surface area contributed by atoms with Crippen molar-refractivity contribution in [1.29, 1.82) is 0 Å². The summed E-state index contributed by atoms with van der Waals surface area (Å²) in [5.41, 5.74) is 6.43. The summed E-state index contributed by atoms with van der Waals surface area (Å²) in [6.45, 7) is 0. The second kappa shape index (κ2) is 4.05.